The molecule has 2 rings (SSSR count). The summed E-state index contributed by atoms with van der Waals surface area (Å²) in [6.45, 7) is 0. The smallest absolute Gasteiger partial charge is 0.200 e. The van der Waals surface area contributed by atoms with Crippen LogP contribution in [0.3, 0.4) is 0 Å². The highest BCUT2D eigenvalue weighted by Crippen LogP contribution is 2.37. The van der Waals surface area contributed by atoms with Crippen molar-refractivity contribution >= 4 is 18.1 Å². The highest BCUT2D eigenvalue weighted by atomic mass is 16.5. The molecule has 0 atom stereocenters. The first-order chi connectivity index (χ1) is 11.7. The lowest BCUT2D eigenvalue weighted by molar-refractivity contribution is 0.340. The fourth-order valence-electron chi connectivity index (χ4n) is 1.96. The van der Waals surface area contributed by atoms with Crippen molar-refractivity contribution < 1.29 is 14.6 Å². The van der Waals surface area contributed by atoms with Gasteiger partial charge in [-0.05, 0) is 23.8 Å². The number of hydrogen-bond acceptors (Lipinski definition) is 5. The summed E-state index contributed by atoms with van der Waals surface area (Å²) in [5, 5.41) is 17.7. The van der Waals surface area contributed by atoms with Gasteiger partial charge in [0.05, 0.1) is 14.2 Å². The lowest BCUT2D eigenvalue weighted by atomic mass is 10.1. The van der Waals surface area contributed by atoms with E-state index in [-0.39, 0.29) is 5.75 Å². The minimum absolute atomic E-state index is 0.0361. The van der Waals surface area contributed by atoms with Crippen LogP contribution in [0.4, 0.5) is 0 Å². The van der Waals surface area contributed by atoms with Crippen molar-refractivity contribution in [2.75, 3.05) is 14.2 Å². The Kier molecular flexibility index (Phi) is 5.96. The second-order valence-electron chi connectivity index (χ2n) is 4.75. The van der Waals surface area contributed by atoms with E-state index in [1.165, 1.54) is 20.4 Å². The van der Waals surface area contributed by atoms with Gasteiger partial charge in [-0.3, -0.25) is 0 Å². The van der Waals surface area contributed by atoms with Crippen LogP contribution in [0.25, 0.3) is 6.08 Å². The van der Waals surface area contributed by atoms with Crippen LogP contribution in [0.1, 0.15) is 11.1 Å². The van der Waals surface area contributed by atoms with Crippen molar-refractivity contribution in [3.63, 3.8) is 0 Å². The molecule has 0 fully saturated rings. The van der Waals surface area contributed by atoms with Gasteiger partial charge in [-0.2, -0.15) is 5.10 Å². The number of phenols is 1. The first kappa shape index (κ1) is 17.1. The molecule has 0 bridgehead atoms. The minimum atomic E-state index is -0.0361. The van der Waals surface area contributed by atoms with Crippen molar-refractivity contribution in [2.24, 2.45) is 15.9 Å². The van der Waals surface area contributed by atoms with Gasteiger partial charge in [-0.25, -0.2) is 0 Å². The number of methoxy groups -OCH3 is 2. The molecule has 6 nitrogen and oxygen atoms in total. The van der Waals surface area contributed by atoms with Gasteiger partial charge in [0.25, 0.3) is 0 Å². The summed E-state index contributed by atoms with van der Waals surface area (Å²) in [6, 6.07) is 12.8. The predicted molar refractivity (Wildman–Crippen MR) is 95.9 cm³/mol. The number of rotatable bonds is 6. The average Bonchev–Trinajstić information content (AvgIpc) is 2.63. The van der Waals surface area contributed by atoms with Crippen LogP contribution < -0.4 is 15.2 Å². The number of amidine groups is 1. The van der Waals surface area contributed by atoms with Crippen LogP contribution in [0, 0.1) is 0 Å². The Morgan fingerprint density at radius 2 is 1.71 bits per heavy atom. The fourth-order valence-corrected chi connectivity index (χ4v) is 1.96. The van der Waals surface area contributed by atoms with Crippen LogP contribution >= 0.6 is 0 Å². The normalized spacial score (nSPS) is 12.0. The average molecular weight is 325 g/mol. The van der Waals surface area contributed by atoms with Gasteiger partial charge in [0.1, 0.15) is 0 Å². The number of phenolic OH excluding ortho intramolecular Hbond substituents is 1. The molecule has 6 heteroatoms. The maximum Gasteiger partial charge on any atom is 0.200 e. The molecular weight excluding hydrogens is 306 g/mol. The van der Waals surface area contributed by atoms with E-state index in [2.05, 4.69) is 10.2 Å². The van der Waals surface area contributed by atoms with E-state index in [1.54, 1.807) is 24.3 Å². The molecule has 2 aromatic rings. The second kappa shape index (κ2) is 8.38. The highest BCUT2D eigenvalue weighted by molar-refractivity contribution is 5.97. The number of benzene rings is 2. The van der Waals surface area contributed by atoms with Crippen LogP contribution in [-0.4, -0.2) is 31.4 Å². The zero-order chi connectivity index (χ0) is 17.4. The Morgan fingerprint density at radius 3 is 2.29 bits per heavy atom. The molecule has 0 unspecified atom stereocenters. The summed E-state index contributed by atoms with van der Waals surface area (Å²) < 4.78 is 10.2. The van der Waals surface area contributed by atoms with E-state index in [0.29, 0.717) is 17.3 Å². The first-order valence-electron chi connectivity index (χ1n) is 7.19. The third kappa shape index (κ3) is 4.36. The molecule has 0 heterocycles. The molecule has 0 aliphatic carbocycles. The Bertz CT molecular complexity index is 743. The summed E-state index contributed by atoms with van der Waals surface area (Å²) in [5.41, 5.74) is 7.43. The summed E-state index contributed by atoms with van der Waals surface area (Å²) in [7, 11) is 2.95. The zero-order valence-electron chi connectivity index (χ0n) is 13.5. The third-order valence-corrected chi connectivity index (χ3v) is 3.18. The molecule has 0 saturated carbocycles. The third-order valence-electron chi connectivity index (χ3n) is 3.18. The molecule has 124 valence electrons. The molecular formula is C18H19N3O3. The first-order valence-corrected chi connectivity index (χ1v) is 7.19. The van der Waals surface area contributed by atoms with Crippen molar-refractivity contribution in [1.29, 1.82) is 0 Å². The highest BCUT2D eigenvalue weighted by Gasteiger charge is 2.09. The van der Waals surface area contributed by atoms with Gasteiger partial charge < -0.3 is 20.3 Å². The number of aromatic hydroxyl groups is 1. The molecule has 0 radical (unpaired) electrons. The SMILES string of the molecule is COc1cc(/C=C/C=N/N=C(/N)c2ccccc2)cc(OC)c1O. The summed E-state index contributed by atoms with van der Waals surface area (Å²) in [5.74, 6) is 0.967. The van der Waals surface area contributed by atoms with Gasteiger partial charge in [0.15, 0.2) is 17.3 Å². The van der Waals surface area contributed by atoms with Crippen LogP contribution in [-0.2, 0) is 0 Å². The molecule has 3 N–H and O–H groups in total. The van der Waals surface area contributed by atoms with Crippen molar-refractivity contribution in [3.05, 3.63) is 59.7 Å². The van der Waals surface area contributed by atoms with Crippen molar-refractivity contribution in [1.82, 2.24) is 0 Å². The quantitative estimate of drug-likeness (QED) is 0.485. The van der Waals surface area contributed by atoms with Crippen LogP contribution in [0.5, 0.6) is 17.2 Å². The lowest BCUT2D eigenvalue weighted by Gasteiger charge is -2.09. The maximum absolute atomic E-state index is 9.86. The van der Waals surface area contributed by atoms with Gasteiger partial charge in [0.2, 0.25) is 5.75 Å². The number of nitrogens with two attached hydrogens (primary N) is 1. The number of nitrogens with zero attached hydrogens (tertiary/aromatic N) is 2. The van der Waals surface area contributed by atoms with Gasteiger partial charge in [-0.1, -0.05) is 36.4 Å². The van der Waals surface area contributed by atoms with E-state index < -0.39 is 0 Å². The molecule has 0 saturated heterocycles. The van der Waals surface area contributed by atoms with Crippen LogP contribution in [0.2, 0.25) is 0 Å². The van der Waals surface area contributed by atoms with Gasteiger partial charge >= 0.3 is 0 Å². The summed E-state index contributed by atoms with van der Waals surface area (Å²) in [6.07, 6.45) is 5.00. The number of ether oxygens (including phenoxy) is 2. The van der Waals surface area contributed by atoms with Crippen LogP contribution in [0.15, 0.2) is 58.7 Å². The fraction of sp³-hybridized carbons (Fsp3) is 0.111. The minimum Gasteiger partial charge on any atom is -0.502 e. The number of hydrogen-bond donors (Lipinski definition) is 2. The Labute approximate surface area is 140 Å². The zero-order valence-corrected chi connectivity index (χ0v) is 13.5. The lowest BCUT2D eigenvalue weighted by Crippen LogP contribution is -2.12. The van der Waals surface area contributed by atoms with E-state index in [1.807, 2.05) is 30.3 Å². The van der Waals surface area contributed by atoms with Crippen molar-refractivity contribution in [3.8, 4) is 17.2 Å². The molecule has 0 spiro atoms. The topological polar surface area (TPSA) is 89.4 Å². The van der Waals surface area contributed by atoms with E-state index >= 15 is 0 Å². The second-order valence-corrected chi connectivity index (χ2v) is 4.75. The standard InChI is InChI=1S/C18H19N3O3/c1-23-15-11-13(12-16(24-2)17(15)22)7-6-10-20-21-18(19)14-8-4-3-5-9-14/h3-12,22H,1-2H3,(H2,19,21)/b7-6+,20-10+. The Balaban J connectivity index is 2.09. The predicted octanol–water partition coefficient (Wildman–Crippen LogP) is 2.81. The summed E-state index contributed by atoms with van der Waals surface area (Å²) >= 11 is 0. The molecule has 0 amide bonds. The van der Waals surface area contributed by atoms with Crippen molar-refractivity contribution in [2.45, 2.75) is 0 Å². The molecule has 0 aliphatic rings. The maximum atomic E-state index is 9.86. The largest absolute Gasteiger partial charge is 0.502 e. The molecule has 24 heavy (non-hydrogen) atoms. The summed E-state index contributed by atoms with van der Waals surface area (Å²) in [4.78, 5) is 0. The Morgan fingerprint density at radius 1 is 1.08 bits per heavy atom. The van der Waals surface area contributed by atoms with E-state index in [9.17, 15) is 5.11 Å². The molecule has 0 aromatic heterocycles. The van der Waals surface area contributed by atoms with Gasteiger partial charge in [0, 0.05) is 11.8 Å². The molecule has 0 aliphatic heterocycles. The monoisotopic (exact) mass is 325 g/mol. The van der Waals surface area contributed by atoms with E-state index in [4.69, 9.17) is 15.2 Å². The van der Waals surface area contributed by atoms with E-state index in [0.717, 1.165) is 11.1 Å². The number of allylic oxidation sites excluding steroid dienone is 1. The Hall–Kier alpha value is -3.28. The van der Waals surface area contributed by atoms with Gasteiger partial charge in [-0.15, -0.1) is 5.10 Å². The molecule has 2 aromatic carbocycles.